The number of carbonyl (C=O) groups excluding carboxylic acids is 2. The molecule has 1 aliphatic carbocycles. The van der Waals surface area contributed by atoms with E-state index >= 15 is 0 Å². The highest BCUT2D eigenvalue weighted by Gasteiger charge is 2.21. The Kier molecular flexibility index (Phi) is 7.29. The van der Waals surface area contributed by atoms with Gasteiger partial charge in [-0.3, -0.25) is 29.8 Å². The van der Waals surface area contributed by atoms with Gasteiger partial charge in [0.15, 0.2) is 5.16 Å². The lowest BCUT2D eigenvalue weighted by molar-refractivity contribution is -0.119. The molecule has 3 aromatic rings. The molecule has 0 fully saturated rings. The zero-order valence-corrected chi connectivity index (χ0v) is 20.1. The number of benzene rings is 1. The molecule has 9 heteroatoms. The number of allylic oxidation sites excluding steroid dienone is 1. The first kappa shape index (κ1) is 23.3. The number of thioether (sulfide) groups is 1. The van der Waals surface area contributed by atoms with Crippen molar-refractivity contribution < 1.29 is 9.59 Å². The molecular formula is C24H26N4O3S2. The van der Waals surface area contributed by atoms with Crippen molar-refractivity contribution in [3.8, 4) is 0 Å². The van der Waals surface area contributed by atoms with Crippen molar-refractivity contribution in [3.05, 3.63) is 68.8 Å². The Morgan fingerprint density at radius 3 is 2.70 bits per heavy atom. The number of nitrogens with one attached hydrogen (secondary N) is 2. The van der Waals surface area contributed by atoms with Crippen LogP contribution in [-0.4, -0.2) is 27.1 Å². The van der Waals surface area contributed by atoms with Crippen LogP contribution in [0.5, 0.6) is 0 Å². The fourth-order valence-corrected chi connectivity index (χ4v) is 5.98. The summed E-state index contributed by atoms with van der Waals surface area (Å²) in [5.74, 6) is -0.771. The van der Waals surface area contributed by atoms with Gasteiger partial charge in [-0.15, -0.1) is 17.9 Å². The first-order chi connectivity index (χ1) is 16.0. The molecule has 2 aromatic heterocycles. The third-order valence-electron chi connectivity index (χ3n) is 5.56. The minimum Gasteiger partial charge on any atom is -0.283 e. The molecule has 0 saturated heterocycles. The highest BCUT2D eigenvalue weighted by Crippen LogP contribution is 2.34. The van der Waals surface area contributed by atoms with E-state index in [0.29, 0.717) is 17.3 Å². The maximum Gasteiger partial charge on any atom is 0.269 e. The molecule has 1 aliphatic rings. The van der Waals surface area contributed by atoms with E-state index in [4.69, 9.17) is 4.98 Å². The summed E-state index contributed by atoms with van der Waals surface area (Å²) in [5.41, 5.74) is 7.42. The molecule has 2 heterocycles. The van der Waals surface area contributed by atoms with Crippen molar-refractivity contribution in [2.45, 2.75) is 50.7 Å². The van der Waals surface area contributed by atoms with Crippen molar-refractivity contribution in [2.24, 2.45) is 0 Å². The summed E-state index contributed by atoms with van der Waals surface area (Å²) in [4.78, 5) is 44.6. The number of nitrogens with zero attached hydrogens (tertiary/aromatic N) is 2. The van der Waals surface area contributed by atoms with Gasteiger partial charge < -0.3 is 0 Å². The van der Waals surface area contributed by atoms with Gasteiger partial charge in [0.2, 0.25) is 5.91 Å². The highest BCUT2D eigenvalue weighted by atomic mass is 32.2. The molecule has 0 unspecified atom stereocenters. The Hall–Kier alpha value is -2.91. The van der Waals surface area contributed by atoms with Gasteiger partial charge in [-0.05, 0) is 50.3 Å². The molecule has 2 amide bonds. The second-order valence-corrected chi connectivity index (χ2v) is 10.0. The molecular weight excluding hydrogens is 456 g/mol. The van der Waals surface area contributed by atoms with Crippen LogP contribution in [0.1, 0.15) is 45.6 Å². The average molecular weight is 483 g/mol. The summed E-state index contributed by atoms with van der Waals surface area (Å²) < 4.78 is 1.58. The average Bonchev–Trinajstić information content (AvgIpc) is 2.99. The predicted octanol–water partition coefficient (Wildman–Crippen LogP) is 3.77. The quantitative estimate of drug-likeness (QED) is 0.183. The Morgan fingerprint density at radius 2 is 1.94 bits per heavy atom. The second-order valence-electron chi connectivity index (χ2n) is 8.00. The zero-order valence-electron chi connectivity index (χ0n) is 18.5. The fraction of sp³-hybridized carbons (Fsp3) is 0.333. The molecule has 0 radical (unpaired) electrons. The molecule has 2 N–H and O–H groups in total. The van der Waals surface area contributed by atoms with Crippen LogP contribution in [0.15, 0.2) is 46.9 Å². The second kappa shape index (κ2) is 10.4. The Balaban J connectivity index is 1.48. The van der Waals surface area contributed by atoms with Crippen molar-refractivity contribution in [2.75, 3.05) is 5.75 Å². The standard InChI is InChI=1S/C24H26N4O3S2/c1-3-13-28-23(31)20-17-7-5-4-6-8-18(17)33-22(20)25-24(28)32-14-19(29)26-27-21(30)16-11-9-15(2)10-12-16/h3,9-12H,1,4-8,13-14H2,2H3,(H,26,29)(H,27,30). The summed E-state index contributed by atoms with van der Waals surface area (Å²) in [6.07, 6.45) is 6.97. The first-order valence-electron chi connectivity index (χ1n) is 10.9. The van der Waals surface area contributed by atoms with Gasteiger partial charge in [0.25, 0.3) is 11.5 Å². The zero-order chi connectivity index (χ0) is 23.4. The highest BCUT2D eigenvalue weighted by molar-refractivity contribution is 7.99. The van der Waals surface area contributed by atoms with Crippen LogP contribution < -0.4 is 16.4 Å². The van der Waals surface area contributed by atoms with Gasteiger partial charge in [-0.2, -0.15) is 0 Å². The van der Waals surface area contributed by atoms with Crippen molar-refractivity contribution >= 4 is 45.1 Å². The Labute approximate surface area is 200 Å². The third-order valence-corrected chi connectivity index (χ3v) is 7.73. The molecule has 172 valence electrons. The maximum atomic E-state index is 13.3. The summed E-state index contributed by atoms with van der Waals surface area (Å²) in [6.45, 7) is 6.02. The number of carbonyl (C=O) groups is 2. The molecule has 0 spiro atoms. The van der Waals surface area contributed by atoms with Crippen LogP contribution in [0.2, 0.25) is 0 Å². The van der Waals surface area contributed by atoms with Crippen molar-refractivity contribution in [3.63, 3.8) is 0 Å². The van der Waals surface area contributed by atoms with Crippen LogP contribution in [0.4, 0.5) is 0 Å². The van der Waals surface area contributed by atoms with Crippen LogP contribution in [0.25, 0.3) is 10.2 Å². The van der Waals surface area contributed by atoms with Gasteiger partial charge in [-0.25, -0.2) is 4.98 Å². The first-order valence-corrected chi connectivity index (χ1v) is 12.7. The number of aryl methyl sites for hydroxylation is 3. The van der Waals surface area contributed by atoms with Crippen LogP contribution in [0.3, 0.4) is 0 Å². The van der Waals surface area contributed by atoms with E-state index in [1.54, 1.807) is 34.1 Å². The monoisotopic (exact) mass is 482 g/mol. The molecule has 0 bridgehead atoms. The maximum absolute atomic E-state index is 13.3. The van der Waals surface area contributed by atoms with E-state index in [1.165, 1.54) is 23.1 Å². The Bertz CT molecular complexity index is 1260. The SMILES string of the molecule is C=CCn1c(SCC(=O)NNC(=O)c2ccc(C)cc2)nc2sc3c(c2c1=O)CCCCC3. The van der Waals surface area contributed by atoms with E-state index in [0.717, 1.165) is 47.0 Å². The third kappa shape index (κ3) is 5.20. The largest absolute Gasteiger partial charge is 0.283 e. The topological polar surface area (TPSA) is 93.1 Å². The van der Waals surface area contributed by atoms with Gasteiger partial charge in [0.05, 0.1) is 11.1 Å². The smallest absolute Gasteiger partial charge is 0.269 e. The van der Waals surface area contributed by atoms with Gasteiger partial charge >= 0.3 is 0 Å². The number of hydrogen-bond donors (Lipinski definition) is 2. The molecule has 0 atom stereocenters. The van der Waals surface area contributed by atoms with E-state index in [9.17, 15) is 14.4 Å². The minimum atomic E-state index is -0.392. The summed E-state index contributed by atoms with van der Waals surface area (Å²) >= 11 is 2.77. The van der Waals surface area contributed by atoms with E-state index < -0.39 is 5.91 Å². The lowest BCUT2D eigenvalue weighted by Crippen LogP contribution is -2.42. The molecule has 33 heavy (non-hydrogen) atoms. The minimum absolute atomic E-state index is 0.00829. The number of hydrogen-bond acceptors (Lipinski definition) is 6. The summed E-state index contributed by atoms with van der Waals surface area (Å²) in [7, 11) is 0. The van der Waals surface area contributed by atoms with Gasteiger partial charge in [-0.1, -0.05) is 42.0 Å². The van der Waals surface area contributed by atoms with E-state index in [-0.39, 0.29) is 17.2 Å². The molecule has 0 saturated carbocycles. The van der Waals surface area contributed by atoms with Crippen LogP contribution >= 0.6 is 23.1 Å². The predicted molar refractivity (Wildman–Crippen MR) is 133 cm³/mol. The summed E-state index contributed by atoms with van der Waals surface area (Å²) in [6, 6.07) is 7.05. The summed E-state index contributed by atoms with van der Waals surface area (Å²) in [5, 5.41) is 1.20. The molecule has 4 rings (SSSR count). The normalized spacial score (nSPS) is 13.2. The number of fused-ring (bicyclic) bond motifs is 3. The molecule has 0 aliphatic heterocycles. The lowest BCUT2D eigenvalue weighted by Gasteiger charge is -2.11. The number of hydrazine groups is 1. The number of aromatic nitrogens is 2. The van der Waals surface area contributed by atoms with Crippen LogP contribution in [-0.2, 0) is 24.2 Å². The van der Waals surface area contributed by atoms with Gasteiger partial charge in [0, 0.05) is 17.0 Å². The molecule has 7 nitrogen and oxygen atoms in total. The van der Waals surface area contributed by atoms with Crippen molar-refractivity contribution in [1.82, 2.24) is 20.4 Å². The van der Waals surface area contributed by atoms with Crippen molar-refractivity contribution in [1.29, 1.82) is 0 Å². The number of amides is 2. The van der Waals surface area contributed by atoms with Crippen LogP contribution in [0, 0.1) is 6.92 Å². The Morgan fingerprint density at radius 1 is 1.18 bits per heavy atom. The molecule has 1 aromatic carbocycles. The number of rotatable bonds is 6. The van der Waals surface area contributed by atoms with Gasteiger partial charge in [0.1, 0.15) is 4.83 Å². The lowest BCUT2D eigenvalue weighted by atomic mass is 10.1. The van der Waals surface area contributed by atoms with E-state index in [2.05, 4.69) is 17.4 Å². The van der Waals surface area contributed by atoms with E-state index in [1.807, 2.05) is 19.1 Å². The number of thiophene rings is 1. The fourth-order valence-electron chi connectivity index (χ4n) is 3.87.